The molecule has 2 aromatic carbocycles. The Bertz CT molecular complexity index is 1310. The maximum atomic E-state index is 12.9. The zero-order valence-electron chi connectivity index (χ0n) is 19.3. The molecule has 1 atom stereocenters. The number of halogens is 1. The molecule has 0 bridgehead atoms. The molecule has 0 N–H and O–H groups in total. The fraction of sp³-hybridized carbons (Fsp3) is 0.269. The van der Waals surface area contributed by atoms with E-state index in [0.717, 1.165) is 22.5 Å². The summed E-state index contributed by atoms with van der Waals surface area (Å²) in [5, 5.41) is 5.48. The summed E-state index contributed by atoms with van der Waals surface area (Å²) >= 11 is 6.21. The number of hydrogen-bond donors (Lipinski definition) is 0. The molecule has 0 aliphatic rings. The average Bonchev–Trinajstić information content (AvgIpc) is 3.20. The van der Waals surface area contributed by atoms with E-state index in [2.05, 4.69) is 0 Å². The van der Waals surface area contributed by atoms with Gasteiger partial charge in [-0.3, -0.25) is 0 Å². The van der Waals surface area contributed by atoms with Crippen LogP contribution in [0.25, 0.3) is 28.2 Å². The molecule has 170 valence electrons. The smallest absolute Gasteiger partial charge is 0.339 e. The lowest BCUT2D eigenvalue weighted by Crippen LogP contribution is -2.29. The summed E-state index contributed by atoms with van der Waals surface area (Å²) in [6, 6.07) is 19.2. The van der Waals surface area contributed by atoms with E-state index in [1.807, 2.05) is 88.4 Å². The van der Waals surface area contributed by atoms with Crippen LogP contribution in [-0.4, -0.2) is 33.3 Å². The van der Waals surface area contributed by atoms with E-state index < -0.39 is 17.7 Å². The molecular weight excluding hydrogens is 438 g/mol. The number of aryl methyl sites for hydroxylation is 1. The summed E-state index contributed by atoms with van der Waals surface area (Å²) in [5.74, 6) is -0.492. The molecule has 2 aromatic heterocycles. The van der Waals surface area contributed by atoms with Crippen LogP contribution in [0.3, 0.4) is 0 Å². The molecule has 1 unspecified atom stereocenters. The Balaban J connectivity index is 2.03. The lowest BCUT2D eigenvalue weighted by molar-refractivity contribution is -0.164. The number of fused-ring (bicyclic) bond motifs is 1. The van der Waals surface area contributed by atoms with Gasteiger partial charge in [0.25, 0.3) is 0 Å². The Morgan fingerprint density at radius 2 is 1.73 bits per heavy atom. The van der Waals surface area contributed by atoms with Gasteiger partial charge < -0.3 is 9.47 Å². The largest absolute Gasteiger partial charge is 0.467 e. The predicted octanol–water partition coefficient (Wildman–Crippen LogP) is 6.05. The van der Waals surface area contributed by atoms with Crippen LogP contribution in [0, 0.1) is 6.92 Å². The van der Waals surface area contributed by atoms with Crippen LogP contribution in [0.1, 0.15) is 38.1 Å². The van der Waals surface area contributed by atoms with Gasteiger partial charge in [0, 0.05) is 33.5 Å². The van der Waals surface area contributed by atoms with Crippen molar-refractivity contribution in [3.8, 4) is 22.5 Å². The third-order valence-corrected chi connectivity index (χ3v) is 5.38. The second kappa shape index (κ2) is 8.96. The number of carbonyl (C=O) groups excluding carboxylic acids is 1. The Morgan fingerprint density at radius 1 is 1.03 bits per heavy atom. The Morgan fingerprint density at radius 3 is 2.36 bits per heavy atom. The van der Waals surface area contributed by atoms with Crippen molar-refractivity contribution in [2.75, 3.05) is 7.11 Å². The zero-order valence-corrected chi connectivity index (χ0v) is 20.1. The van der Waals surface area contributed by atoms with Crippen molar-refractivity contribution in [3.05, 3.63) is 76.9 Å². The van der Waals surface area contributed by atoms with Gasteiger partial charge in [-0.15, -0.1) is 0 Å². The van der Waals surface area contributed by atoms with Gasteiger partial charge in [-0.25, -0.2) is 14.3 Å². The molecule has 0 spiro atoms. The van der Waals surface area contributed by atoms with Crippen LogP contribution in [0.4, 0.5) is 0 Å². The number of benzene rings is 2. The minimum atomic E-state index is -0.971. The van der Waals surface area contributed by atoms with Crippen LogP contribution in [0.15, 0.2) is 60.7 Å². The molecule has 4 aromatic rings. The molecule has 0 fully saturated rings. The number of ether oxygens (including phenoxy) is 2. The molecule has 0 radical (unpaired) electrons. The summed E-state index contributed by atoms with van der Waals surface area (Å²) < 4.78 is 13.1. The minimum Gasteiger partial charge on any atom is -0.467 e. The summed E-state index contributed by atoms with van der Waals surface area (Å²) in [4.78, 5) is 17.7. The maximum absolute atomic E-state index is 12.9. The van der Waals surface area contributed by atoms with Gasteiger partial charge in [0.15, 0.2) is 11.8 Å². The second-order valence-corrected chi connectivity index (χ2v) is 9.21. The Hall–Kier alpha value is -3.22. The number of carbonyl (C=O) groups is 1. The number of esters is 1. The number of methoxy groups -OCH3 is 1. The first-order valence-electron chi connectivity index (χ1n) is 10.7. The number of nitrogens with zero attached hydrogens (tertiary/aromatic N) is 3. The van der Waals surface area contributed by atoms with Crippen LogP contribution < -0.4 is 0 Å². The molecule has 4 rings (SSSR count). The molecule has 7 heteroatoms. The monoisotopic (exact) mass is 463 g/mol. The van der Waals surface area contributed by atoms with Gasteiger partial charge in [-0.05, 0) is 39.8 Å². The third kappa shape index (κ3) is 4.77. The molecule has 0 aliphatic heterocycles. The van der Waals surface area contributed by atoms with E-state index in [9.17, 15) is 4.79 Å². The summed E-state index contributed by atoms with van der Waals surface area (Å²) in [5.41, 5.74) is 4.57. The molecule has 0 amide bonds. The van der Waals surface area contributed by atoms with E-state index in [0.29, 0.717) is 21.9 Å². The zero-order chi connectivity index (χ0) is 23.8. The van der Waals surface area contributed by atoms with Crippen molar-refractivity contribution < 1.29 is 14.3 Å². The Labute approximate surface area is 198 Å². The third-order valence-electron chi connectivity index (χ3n) is 5.15. The maximum Gasteiger partial charge on any atom is 0.339 e. The van der Waals surface area contributed by atoms with E-state index >= 15 is 0 Å². The van der Waals surface area contributed by atoms with E-state index in [1.54, 1.807) is 4.52 Å². The quantitative estimate of drug-likeness (QED) is 0.337. The fourth-order valence-corrected chi connectivity index (χ4v) is 3.99. The summed E-state index contributed by atoms with van der Waals surface area (Å²) in [6.07, 6.45) is -0.971. The molecule has 6 nitrogen and oxygen atoms in total. The molecule has 33 heavy (non-hydrogen) atoms. The van der Waals surface area contributed by atoms with Crippen molar-refractivity contribution in [3.63, 3.8) is 0 Å². The van der Waals surface area contributed by atoms with E-state index in [1.165, 1.54) is 7.11 Å². The van der Waals surface area contributed by atoms with Crippen LogP contribution in [-0.2, 0) is 14.3 Å². The highest BCUT2D eigenvalue weighted by Gasteiger charge is 2.34. The molecule has 0 saturated heterocycles. The first-order valence-corrected chi connectivity index (χ1v) is 11.0. The van der Waals surface area contributed by atoms with Crippen molar-refractivity contribution in [2.24, 2.45) is 0 Å². The second-order valence-electron chi connectivity index (χ2n) is 8.77. The fourth-order valence-electron chi connectivity index (χ4n) is 3.79. The van der Waals surface area contributed by atoms with Crippen LogP contribution in [0.5, 0.6) is 0 Å². The van der Waals surface area contributed by atoms with Crippen molar-refractivity contribution in [1.82, 2.24) is 14.6 Å². The van der Waals surface area contributed by atoms with E-state index in [4.69, 9.17) is 31.2 Å². The highest BCUT2D eigenvalue weighted by molar-refractivity contribution is 6.30. The van der Waals surface area contributed by atoms with Gasteiger partial charge in [-0.1, -0.05) is 54.1 Å². The molecule has 0 saturated carbocycles. The summed E-state index contributed by atoms with van der Waals surface area (Å²) in [6.45, 7) is 7.57. The van der Waals surface area contributed by atoms with Crippen LogP contribution >= 0.6 is 11.6 Å². The Kier molecular flexibility index (Phi) is 6.23. The lowest BCUT2D eigenvalue weighted by Gasteiger charge is -2.28. The van der Waals surface area contributed by atoms with Crippen LogP contribution in [0.2, 0.25) is 5.02 Å². The number of aromatic nitrogens is 3. The number of hydrogen-bond acceptors (Lipinski definition) is 5. The molecule has 0 aliphatic carbocycles. The topological polar surface area (TPSA) is 65.7 Å². The first kappa shape index (κ1) is 23.0. The minimum absolute atomic E-state index is 0.492. The highest BCUT2D eigenvalue weighted by atomic mass is 35.5. The van der Waals surface area contributed by atoms with Crippen molar-refractivity contribution in [1.29, 1.82) is 0 Å². The van der Waals surface area contributed by atoms with Gasteiger partial charge in [0.05, 0.1) is 24.1 Å². The predicted molar refractivity (Wildman–Crippen MR) is 129 cm³/mol. The molecular formula is C26H26ClN3O3. The van der Waals surface area contributed by atoms with Crippen molar-refractivity contribution >= 4 is 23.2 Å². The average molecular weight is 464 g/mol. The van der Waals surface area contributed by atoms with Gasteiger partial charge >= 0.3 is 5.97 Å². The summed E-state index contributed by atoms with van der Waals surface area (Å²) in [7, 11) is 1.36. The van der Waals surface area contributed by atoms with Gasteiger partial charge in [0.1, 0.15) is 0 Å². The van der Waals surface area contributed by atoms with Gasteiger partial charge in [0.2, 0.25) is 0 Å². The number of rotatable bonds is 5. The van der Waals surface area contributed by atoms with Crippen molar-refractivity contribution in [2.45, 2.75) is 39.4 Å². The lowest BCUT2D eigenvalue weighted by atomic mass is 9.99. The normalized spacial score (nSPS) is 12.7. The standard InChI is InChI=1S/C26H26ClN3O3/c1-16-22(24(25(31)32-5)33-26(2,3)4)23(17-10-7-6-8-11-17)30-21(28-16)15-20(29-30)18-12-9-13-19(27)14-18/h6-15,24H,1-5H3. The molecule has 2 heterocycles. The SMILES string of the molecule is COC(=O)C(OC(C)(C)C)c1c(C)nc2cc(-c3cccc(Cl)c3)nn2c1-c1ccccc1. The first-order chi connectivity index (χ1) is 15.7. The van der Waals surface area contributed by atoms with E-state index in [-0.39, 0.29) is 0 Å². The highest BCUT2D eigenvalue weighted by Crippen LogP contribution is 2.36. The van der Waals surface area contributed by atoms with Gasteiger partial charge in [-0.2, -0.15) is 5.10 Å².